The van der Waals surface area contributed by atoms with Gasteiger partial charge in [-0.3, -0.25) is 14.4 Å². The average molecular weight is 579 g/mol. The van der Waals surface area contributed by atoms with E-state index in [4.69, 9.17) is 15.2 Å². The van der Waals surface area contributed by atoms with Gasteiger partial charge in [0.15, 0.2) is 0 Å². The zero-order chi connectivity index (χ0) is 30.8. The number of ether oxygens (including phenoxy) is 2. The van der Waals surface area contributed by atoms with Gasteiger partial charge in [-0.15, -0.1) is 0 Å². The SMILES string of the molecule is CNC(=O)CCCNC(=O)C(CC(O)C(N)CC(CNC(=O)c1ccccc1OCCCCOC)C(C)C)C(C)C. The lowest BCUT2D eigenvalue weighted by Crippen LogP contribution is -2.44. The smallest absolute Gasteiger partial charge is 0.255 e. The van der Waals surface area contributed by atoms with Crippen molar-refractivity contribution in [3.63, 3.8) is 0 Å². The van der Waals surface area contributed by atoms with E-state index >= 15 is 0 Å². The van der Waals surface area contributed by atoms with Crippen LogP contribution in [0.3, 0.4) is 0 Å². The van der Waals surface area contributed by atoms with Crippen molar-refractivity contribution in [1.29, 1.82) is 0 Å². The molecule has 4 unspecified atom stereocenters. The molecule has 10 nitrogen and oxygen atoms in total. The maximum Gasteiger partial charge on any atom is 0.255 e. The number of para-hydroxylation sites is 1. The minimum absolute atomic E-state index is 0.0123. The van der Waals surface area contributed by atoms with Crippen LogP contribution in [0.25, 0.3) is 0 Å². The molecule has 1 aromatic carbocycles. The Morgan fingerprint density at radius 1 is 0.951 bits per heavy atom. The Morgan fingerprint density at radius 2 is 1.63 bits per heavy atom. The highest BCUT2D eigenvalue weighted by Gasteiger charge is 2.30. The number of amides is 3. The van der Waals surface area contributed by atoms with Crippen LogP contribution in [0.15, 0.2) is 24.3 Å². The van der Waals surface area contributed by atoms with Crippen molar-refractivity contribution < 1.29 is 29.0 Å². The standard InChI is InChI=1S/C31H54N4O6/c1-21(2)23(20-35-30(38)24-12-7-8-13-28(24)41-17-10-9-16-40-6)18-26(32)27(36)19-25(22(3)4)31(39)34-15-11-14-29(37)33-5/h7-8,12-13,21-23,25-27,36H,9-11,14-20,32H2,1-6H3,(H,33,37)(H,34,39)(H,35,38). The number of nitrogens with one attached hydrogen (secondary N) is 3. The molecule has 3 amide bonds. The van der Waals surface area contributed by atoms with Crippen LogP contribution in [0.5, 0.6) is 5.75 Å². The topological polar surface area (TPSA) is 152 Å². The summed E-state index contributed by atoms with van der Waals surface area (Å²) < 4.78 is 10.9. The van der Waals surface area contributed by atoms with Crippen molar-refractivity contribution in [3.8, 4) is 5.75 Å². The Labute approximate surface area is 246 Å². The molecule has 0 aliphatic carbocycles. The summed E-state index contributed by atoms with van der Waals surface area (Å²) in [4.78, 5) is 37.2. The molecule has 0 fully saturated rings. The Hall–Kier alpha value is -2.69. The number of nitrogens with two attached hydrogens (primary N) is 1. The lowest BCUT2D eigenvalue weighted by Gasteiger charge is -2.30. The maximum atomic E-state index is 13.0. The number of carbonyl (C=O) groups excluding carboxylic acids is 3. The second-order valence-electron chi connectivity index (χ2n) is 11.4. The molecule has 0 aliphatic rings. The van der Waals surface area contributed by atoms with Gasteiger partial charge in [0.25, 0.3) is 5.91 Å². The highest BCUT2D eigenvalue weighted by atomic mass is 16.5. The van der Waals surface area contributed by atoms with Crippen molar-refractivity contribution in [2.75, 3.05) is 40.5 Å². The molecule has 4 atom stereocenters. The van der Waals surface area contributed by atoms with Crippen LogP contribution in [-0.2, 0) is 14.3 Å². The van der Waals surface area contributed by atoms with Crippen molar-refractivity contribution in [1.82, 2.24) is 16.0 Å². The summed E-state index contributed by atoms with van der Waals surface area (Å²) in [5.74, 6) is -0.0317. The molecule has 41 heavy (non-hydrogen) atoms. The molecule has 0 bridgehead atoms. The Kier molecular flexibility index (Phi) is 17.9. The third kappa shape index (κ3) is 14.2. The van der Waals surface area contributed by atoms with E-state index in [1.807, 2.05) is 26.0 Å². The number of aliphatic hydroxyl groups is 1. The van der Waals surface area contributed by atoms with Gasteiger partial charge in [0.1, 0.15) is 5.75 Å². The summed E-state index contributed by atoms with van der Waals surface area (Å²) >= 11 is 0. The van der Waals surface area contributed by atoms with Gasteiger partial charge < -0.3 is 36.3 Å². The van der Waals surface area contributed by atoms with Gasteiger partial charge in [0.2, 0.25) is 11.8 Å². The summed E-state index contributed by atoms with van der Waals surface area (Å²) in [5, 5.41) is 19.4. The number of hydrogen-bond acceptors (Lipinski definition) is 7. The first-order valence-corrected chi connectivity index (χ1v) is 14.9. The second kappa shape index (κ2) is 20.2. The minimum Gasteiger partial charge on any atom is -0.493 e. The van der Waals surface area contributed by atoms with E-state index in [9.17, 15) is 19.5 Å². The summed E-state index contributed by atoms with van der Waals surface area (Å²) in [6.45, 7) is 9.99. The monoisotopic (exact) mass is 578 g/mol. The average Bonchev–Trinajstić information content (AvgIpc) is 2.95. The van der Waals surface area contributed by atoms with Crippen LogP contribution >= 0.6 is 0 Å². The van der Waals surface area contributed by atoms with E-state index in [0.29, 0.717) is 56.9 Å². The van der Waals surface area contributed by atoms with E-state index in [-0.39, 0.29) is 41.9 Å². The molecule has 1 rings (SSSR count). The van der Waals surface area contributed by atoms with Gasteiger partial charge in [0, 0.05) is 52.2 Å². The zero-order valence-corrected chi connectivity index (χ0v) is 25.9. The van der Waals surface area contributed by atoms with Crippen molar-refractivity contribution in [2.24, 2.45) is 29.4 Å². The molecule has 1 aromatic rings. The van der Waals surface area contributed by atoms with E-state index in [2.05, 4.69) is 29.8 Å². The largest absolute Gasteiger partial charge is 0.493 e. The van der Waals surface area contributed by atoms with Crippen molar-refractivity contribution in [3.05, 3.63) is 29.8 Å². The van der Waals surface area contributed by atoms with Crippen LogP contribution < -0.4 is 26.4 Å². The number of carbonyl (C=O) groups is 3. The maximum absolute atomic E-state index is 13.0. The molecule has 0 saturated carbocycles. The molecule has 0 saturated heterocycles. The fraction of sp³-hybridized carbons (Fsp3) is 0.710. The number of benzene rings is 1. The molecule has 10 heteroatoms. The first-order valence-electron chi connectivity index (χ1n) is 14.9. The fourth-order valence-electron chi connectivity index (χ4n) is 4.56. The van der Waals surface area contributed by atoms with Gasteiger partial charge in [-0.05, 0) is 62.0 Å². The predicted octanol–water partition coefficient (Wildman–Crippen LogP) is 2.88. The summed E-state index contributed by atoms with van der Waals surface area (Å²) in [7, 11) is 3.25. The molecule has 0 heterocycles. The summed E-state index contributed by atoms with van der Waals surface area (Å²) in [6.07, 6.45) is 2.47. The van der Waals surface area contributed by atoms with Crippen LogP contribution in [0, 0.1) is 23.7 Å². The summed E-state index contributed by atoms with van der Waals surface area (Å²) in [5.41, 5.74) is 6.92. The van der Waals surface area contributed by atoms with E-state index in [1.54, 1.807) is 26.3 Å². The molecule has 0 radical (unpaired) electrons. The van der Waals surface area contributed by atoms with E-state index in [1.165, 1.54) is 0 Å². The summed E-state index contributed by atoms with van der Waals surface area (Å²) in [6, 6.07) is 6.64. The molecule has 0 spiro atoms. The Morgan fingerprint density at radius 3 is 2.27 bits per heavy atom. The first-order chi connectivity index (χ1) is 19.5. The van der Waals surface area contributed by atoms with Crippen LogP contribution in [0.4, 0.5) is 0 Å². The highest BCUT2D eigenvalue weighted by molar-refractivity contribution is 5.96. The molecular weight excluding hydrogens is 524 g/mol. The van der Waals surface area contributed by atoms with Crippen molar-refractivity contribution in [2.45, 2.75) is 78.4 Å². The number of methoxy groups -OCH3 is 1. The third-order valence-corrected chi connectivity index (χ3v) is 7.46. The number of aliphatic hydroxyl groups excluding tert-OH is 1. The van der Waals surface area contributed by atoms with Crippen LogP contribution in [0.1, 0.15) is 76.6 Å². The van der Waals surface area contributed by atoms with Crippen molar-refractivity contribution >= 4 is 17.7 Å². The minimum atomic E-state index is -0.872. The first kappa shape index (κ1) is 36.3. The number of hydrogen-bond donors (Lipinski definition) is 5. The van der Waals surface area contributed by atoms with Gasteiger partial charge in [0.05, 0.1) is 18.3 Å². The van der Waals surface area contributed by atoms with Gasteiger partial charge in [-0.25, -0.2) is 0 Å². The normalized spacial score (nSPS) is 14.3. The quantitative estimate of drug-likeness (QED) is 0.141. The number of rotatable bonds is 21. The highest BCUT2D eigenvalue weighted by Crippen LogP contribution is 2.24. The van der Waals surface area contributed by atoms with E-state index in [0.717, 1.165) is 12.8 Å². The van der Waals surface area contributed by atoms with Crippen LogP contribution in [0.2, 0.25) is 0 Å². The Balaban J connectivity index is 2.68. The van der Waals surface area contributed by atoms with E-state index < -0.39 is 18.1 Å². The fourth-order valence-corrected chi connectivity index (χ4v) is 4.56. The predicted molar refractivity (Wildman–Crippen MR) is 162 cm³/mol. The molecule has 6 N–H and O–H groups in total. The van der Waals surface area contributed by atoms with Gasteiger partial charge in [-0.1, -0.05) is 39.8 Å². The molecule has 0 aromatic heterocycles. The lowest BCUT2D eigenvalue weighted by atomic mass is 9.83. The number of unbranched alkanes of at least 4 members (excludes halogenated alkanes) is 1. The van der Waals surface area contributed by atoms with Crippen LogP contribution in [-0.4, -0.2) is 75.4 Å². The zero-order valence-electron chi connectivity index (χ0n) is 25.9. The molecular formula is C31H54N4O6. The molecule has 234 valence electrons. The third-order valence-electron chi connectivity index (χ3n) is 7.46. The van der Waals surface area contributed by atoms with Gasteiger partial charge in [-0.2, -0.15) is 0 Å². The van der Waals surface area contributed by atoms with Gasteiger partial charge >= 0.3 is 0 Å². The Bertz CT molecular complexity index is 910. The lowest BCUT2D eigenvalue weighted by molar-refractivity contribution is -0.128. The second-order valence-corrected chi connectivity index (χ2v) is 11.4. The molecule has 0 aliphatic heterocycles.